The van der Waals surface area contributed by atoms with Gasteiger partial charge >= 0.3 is 0 Å². The SMILES string of the molecule is CCCCCCCCCCCCS(=O)(=O)CCC(=O)NC. The van der Waals surface area contributed by atoms with Crippen LogP contribution < -0.4 is 5.32 Å². The van der Waals surface area contributed by atoms with E-state index >= 15 is 0 Å². The van der Waals surface area contributed by atoms with Crippen LogP contribution in [0.5, 0.6) is 0 Å². The van der Waals surface area contributed by atoms with E-state index in [1.807, 2.05) is 0 Å². The molecule has 0 aromatic carbocycles. The molecule has 126 valence electrons. The van der Waals surface area contributed by atoms with Crippen LogP contribution in [0.2, 0.25) is 0 Å². The van der Waals surface area contributed by atoms with Crippen LogP contribution in [0.1, 0.15) is 77.6 Å². The molecule has 5 heteroatoms. The highest BCUT2D eigenvalue weighted by atomic mass is 32.2. The minimum absolute atomic E-state index is 0.0237. The Kier molecular flexibility index (Phi) is 12.7. The lowest BCUT2D eigenvalue weighted by Gasteiger charge is -2.04. The van der Waals surface area contributed by atoms with E-state index in [0.717, 1.165) is 19.3 Å². The first-order valence-electron chi connectivity index (χ1n) is 8.43. The van der Waals surface area contributed by atoms with Gasteiger partial charge in [0.25, 0.3) is 0 Å². The summed E-state index contributed by atoms with van der Waals surface area (Å²) in [4.78, 5) is 11.0. The summed E-state index contributed by atoms with van der Waals surface area (Å²) in [6.07, 6.45) is 12.0. The fourth-order valence-corrected chi connectivity index (χ4v) is 3.63. The molecule has 0 radical (unpaired) electrons. The van der Waals surface area contributed by atoms with E-state index < -0.39 is 9.84 Å². The van der Waals surface area contributed by atoms with Gasteiger partial charge in [-0.2, -0.15) is 0 Å². The molecular formula is C16H33NO3S. The van der Waals surface area contributed by atoms with E-state index in [4.69, 9.17) is 0 Å². The van der Waals surface area contributed by atoms with Crippen molar-refractivity contribution in [3.05, 3.63) is 0 Å². The fraction of sp³-hybridized carbons (Fsp3) is 0.938. The van der Waals surface area contributed by atoms with Gasteiger partial charge in [0.15, 0.2) is 9.84 Å². The fourth-order valence-electron chi connectivity index (χ4n) is 2.28. The van der Waals surface area contributed by atoms with Crippen molar-refractivity contribution in [2.45, 2.75) is 77.6 Å². The smallest absolute Gasteiger partial charge is 0.220 e. The van der Waals surface area contributed by atoms with Crippen LogP contribution in [0.4, 0.5) is 0 Å². The number of carbonyl (C=O) groups excluding carboxylic acids is 1. The zero-order chi connectivity index (χ0) is 16.0. The lowest BCUT2D eigenvalue weighted by Crippen LogP contribution is -2.22. The summed E-state index contributed by atoms with van der Waals surface area (Å²) in [7, 11) is -1.53. The molecule has 0 bridgehead atoms. The Hall–Kier alpha value is -0.580. The molecule has 0 saturated carbocycles. The van der Waals surface area contributed by atoms with Crippen LogP contribution in [0, 0.1) is 0 Å². The van der Waals surface area contributed by atoms with Crippen LogP contribution in [0.15, 0.2) is 0 Å². The van der Waals surface area contributed by atoms with Crippen LogP contribution in [-0.4, -0.2) is 32.9 Å². The third-order valence-electron chi connectivity index (χ3n) is 3.73. The number of carbonyl (C=O) groups is 1. The Morgan fingerprint density at radius 2 is 1.29 bits per heavy atom. The third kappa shape index (κ3) is 14.1. The summed E-state index contributed by atoms with van der Waals surface area (Å²) >= 11 is 0. The highest BCUT2D eigenvalue weighted by molar-refractivity contribution is 7.91. The second-order valence-electron chi connectivity index (χ2n) is 5.76. The van der Waals surface area contributed by atoms with Gasteiger partial charge in [-0.05, 0) is 6.42 Å². The van der Waals surface area contributed by atoms with Crippen molar-refractivity contribution in [1.82, 2.24) is 5.32 Å². The van der Waals surface area contributed by atoms with Crippen molar-refractivity contribution in [3.63, 3.8) is 0 Å². The first-order chi connectivity index (χ1) is 10.0. The first-order valence-corrected chi connectivity index (χ1v) is 10.2. The van der Waals surface area contributed by atoms with Crippen molar-refractivity contribution >= 4 is 15.7 Å². The number of hydrogen-bond acceptors (Lipinski definition) is 3. The molecule has 0 rings (SSSR count). The maximum atomic E-state index is 11.7. The molecule has 0 aliphatic heterocycles. The molecule has 0 unspecified atom stereocenters. The number of sulfone groups is 1. The second kappa shape index (κ2) is 13.1. The second-order valence-corrected chi connectivity index (χ2v) is 8.06. The van der Waals surface area contributed by atoms with Crippen molar-refractivity contribution in [1.29, 1.82) is 0 Å². The Bertz CT molecular complexity index is 353. The van der Waals surface area contributed by atoms with Crippen LogP contribution in [0.25, 0.3) is 0 Å². The molecule has 4 nitrogen and oxygen atoms in total. The van der Waals surface area contributed by atoms with Gasteiger partial charge < -0.3 is 5.32 Å². The van der Waals surface area contributed by atoms with Gasteiger partial charge in [-0.3, -0.25) is 4.79 Å². The molecule has 1 amide bonds. The van der Waals surface area contributed by atoms with Gasteiger partial charge in [0.05, 0.1) is 11.5 Å². The van der Waals surface area contributed by atoms with E-state index in [1.165, 1.54) is 52.0 Å². The molecule has 0 atom stereocenters. The standard InChI is InChI=1S/C16H33NO3S/c1-3-4-5-6-7-8-9-10-11-12-14-21(19,20)15-13-16(18)17-2/h3-15H2,1-2H3,(H,17,18). The van der Waals surface area contributed by atoms with Crippen molar-refractivity contribution in [3.8, 4) is 0 Å². The summed E-state index contributed by atoms with van der Waals surface area (Å²) in [5.74, 6) is -0.00780. The monoisotopic (exact) mass is 319 g/mol. The maximum absolute atomic E-state index is 11.7. The molecule has 21 heavy (non-hydrogen) atoms. The van der Waals surface area contributed by atoms with Gasteiger partial charge in [0, 0.05) is 13.5 Å². The Morgan fingerprint density at radius 3 is 1.76 bits per heavy atom. The van der Waals surface area contributed by atoms with Crippen molar-refractivity contribution < 1.29 is 13.2 Å². The van der Waals surface area contributed by atoms with Gasteiger partial charge in [-0.15, -0.1) is 0 Å². The minimum atomic E-state index is -3.06. The van der Waals surface area contributed by atoms with E-state index in [2.05, 4.69) is 12.2 Å². The summed E-state index contributed by atoms with van der Waals surface area (Å²) in [5, 5.41) is 2.44. The van der Waals surface area contributed by atoms with Crippen molar-refractivity contribution in [2.75, 3.05) is 18.6 Å². The molecule has 0 aromatic rings. The molecule has 0 spiro atoms. The van der Waals surface area contributed by atoms with Gasteiger partial charge in [-0.1, -0.05) is 64.7 Å². The Labute approximate surface area is 131 Å². The van der Waals surface area contributed by atoms with Gasteiger partial charge in [0.1, 0.15) is 0 Å². The Balaban J connectivity index is 3.43. The lowest BCUT2D eigenvalue weighted by atomic mass is 10.1. The number of nitrogens with one attached hydrogen (secondary N) is 1. The van der Waals surface area contributed by atoms with Crippen molar-refractivity contribution in [2.24, 2.45) is 0 Å². The highest BCUT2D eigenvalue weighted by Gasteiger charge is 2.12. The van der Waals surface area contributed by atoms with Gasteiger partial charge in [0.2, 0.25) is 5.91 Å². The average molecular weight is 320 g/mol. The quantitative estimate of drug-likeness (QED) is 0.499. The average Bonchev–Trinajstić information content (AvgIpc) is 2.46. The summed E-state index contributed by atoms with van der Waals surface area (Å²) < 4.78 is 23.4. The number of rotatable bonds is 14. The molecule has 0 heterocycles. The summed E-state index contributed by atoms with van der Waals surface area (Å²) in [6.45, 7) is 2.22. The molecule has 0 saturated heterocycles. The first kappa shape index (κ1) is 20.4. The predicted octanol–water partition coefficient (Wildman–Crippen LogP) is 3.46. The van der Waals surface area contributed by atoms with Crippen LogP contribution in [-0.2, 0) is 14.6 Å². The van der Waals surface area contributed by atoms with E-state index in [-0.39, 0.29) is 23.8 Å². The predicted molar refractivity (Wildman–Crippen MR) is 89.2 cm³/mol. The highest BCUT2D eigenvalue weighted by Crippen LogP contribution is 2.11. The molecule has 0 aliphatic carbocycles. The van der Waals surface area contributed by atoms with Crippen LogP contribution >= 0.6 is 0 Å². The van der Waals surface area contributed by atoms with Crippen LogP contribution in [0.3, 0.4) is 0 Å². The summed E-state index contributed by atoms with van der Waals surface area (Å²) in [6, 6.07) is 0. The van der Waals surface area contributed by atoms with E-state index in [9.17, 15) is 13.2 Å². The molecule has 0 aliphatic rings. The zero-order valence-corrected chi connectivity index (χ0v) is 14.6. The maximum Gasteiger partial charge on any atom is 0.220 e. The normalized spacial score (nSPS) is 11.5. The third-order valence-corrected chi connectivity index (χ3v) is 5.46. The van der Waals surface area contributed by atoms with E-state index in [0.29, 0.717) is 0 Å². The number of unbranched alkanes of at least 4 members (excludes halogenated alkanes) is 9. The lowest BCUT2D eigenvalue weighted by molar-refractivity contribution is -0.120. The van der Waals surface area contributed by atoms with Gasteiger partial charge in [-0.25, -0.2) is 8.42 Å². The molecule has 1 N–H and O–H groups in total. The molecular weight excluding hydrogens is 286 g/mol. The van der Waals surface area contributed by atoms with E-state index in [1.54, 1.807) is 0 Å². The zero-order valence-electron chi connectivity index (χ0n) is 13.8. The molecule has 0 aromatic heterocycles. The topological polar surface area (TPSA) is 63.2 Å². The minimum Gasteiger partial charge on any atom is -0.359 e. The Morgan fingerprint density at radius 1 is 0.810 bits per heavy atom. The largest absolute Gasteiger partial charge is 0.359 e. The number of hydrogen-bond donors (Lipinski definition) is 1. The number of amides is 1. The summed E-state index contributed by atoms with van der Waals surface area (Å²) in [5.41, 5.74) is 0. The molecule has 0 fully saturated rings.